The molecular formula is C19H38N2O. The zero-order valence-electron chi connectivity index (χ0n) is 16.4. The highest BCUT2D eigenvalue weighted by Crippen LogP contribution is 2.41. The van der Waals surface area contributed by atoms with E-state index in [0.29, 0.717) is 0 Å². The third kappa shape index (κ3) is 3.67. The third-order valence-electron chi connectivity index (χ3n) is 5.13. The third-order valence-corrected chi connectivity index (χ3v) is 5.13. The molecule has 0 bridgehead atoms. The van der Waals surface area contributed by atoms with Gasteiger partial charge in [-0.2, -0.15) is 0 Å². The van der Waals surface area contributed by atoms with Gasteiger partial charge in [0.25, 0.3) is 0 Å². The van der Waals surface area contributed by atoms with Gasteiger partial charge in [0.2, 0.25) is 5.91 Å². The summed E-state index contributed by atoms with van der Waals surface area (Å²) in [5.74, 6) is 0.269. The van der Waals surface area contributed by atoms with Crippen molar-refractivity contribution in [2.75, 3.05) is 6.54 Å². The monoisotopic (exact) mass is 310 g/mol. The summed E-state index contributed by atoms with van der Waals surface area (Å²) < 4.78 is 0. The molecule has 0 N–H and O–H groups in total. The molecule has 22 heavy (non-hydrogen) atoms. The lowest BCUT2D eigenvalue weighted by molar-refractivity contribution is -0.176. The first-order valence-corrected chi connectivity index (χ1v) is 8.99. The standard InChI is InChI=1S/C19H38N2O/c1-10-11-12-13-17(4,5)21-18(6,7)14-20(15(2)3)16(22)19(21,8)9/h15H,10-14H2,1-9H3. The summed E-state index contributed by atoms with van der Waals surface area (Å²) >= 11 is 0. The van der Waals surface area contributed by atoms with Crippen molar-refractivity contribution in [3.63, 3.8) is 0 Å². The van der Waals surface area contributed by atoms with E-state index in [-0.39, 0.29) is 23.0 Å². The summed E-state index contributed by atoms with van der Waals surface area (Å²) in [6.07, 6.45) is 4.88. The molecule has 1 aliphatic rings. The first-order valence-electron chi connectivity index (χ1n) is 8.99. The number of amides is 1. The van der Waals surface area contributed by atoms with Gasteiger partial charge in [-0.15, -0.1) is 0 Å². The molecule has 0 aliphatic carbocycles. The quantitative estimate of drug-likeness (QED) is 0.676. The van der Waals surface area contributed by atoms with E-state index in [2.05, 4.69) is 72.1 Å². The van der Waals surface area contributed by atoms with E-state index in [4.69, 9.17) is 0 Å². The molecule has 1 saturated heterocycles. The van der Waals surface area contributed by atoms with Gasteiger partial charge in [0, 0.05) is 23.7 Å². The summed E-state index contributed by atoms with van der Waals surface area (Å²) in [7, 11) is 0. The summed E-state index contributed by atoms with van der Waals surface area (Å²) in [5.41, 5.74) is -0.444. The van der Waals surface area contributed by atoms with Crippen LogP contribution >= 0.6 is 0 Å². The van der Waals surface area contributed by atoms with Gasteiger partial charge in [-0.05, 0) is 61.8 Å². The van der Waals surface area contributed by atoms with Crippen molar-refractivity contribution in [2.45, 2.75) is 111 Å². The van der Waals surface area contributed by atoms with E-state index in [1.807, 2.05) is 0 Å². The first-order chi connectivity index (χ1) is 9.88. The second-order valence-corrected chi connectivity index (χ2v) is 9.00. The number of carbonyl (C=O) groups excluding carboxylic acids is 1. The Bertz CT molecular complexity index is 396. The van der Waals surface area contributed by atoms with E-state index >= 15 is 0 Å². The van der Waals surface area contributed by atoms with E-state index in [1.54, 1.807) is 0 Å². The summed E-state index contributed by atoms with van der Waals surface area (Å²) in [5, 5.41) is 0. The van der Waals surface area contributed by atoms with Crippen LogP contribution in [0.1, 0.15) is 88.0 Å². The summed E-state index contributed by atoms with van der Waals surface area (Å²) in [6.45, 7) is 20.7. The zero-order valence-corrected chi connectivity index (χ0v) is 16.4. The van der Waals surface area contributed by atoms with Crippen molar-refractivity contribution >= 4 is 5.91 Å². The van der Waals surface area contributed by atoms with Crippen LogP contribution in [0.15, 0.2) is 0 Å². The molecule has 0 saturated carbocycles. The Balaban J connectivity index is 3.14. The molecule has 3 nitrogen and oxygen atoms in total. The average molecular weight is 311 g/mol. The number of rotatable bonds is 6. The van der Waals surface area contributed by atoms with Crippen molar-refractivity contribution in [1.29, 1.82) is 0 Å². The second kappa shape index (κ2) is 6.51. The molecule has 3 heteroatoms. The molecule has 1 heterocycles. The Morgan fingerprint density at radius 2 is 1.68 bits per heavy atom. The predicted octanol–water partition coefficient (Wildman–Crippen LogP) is 4.46. The molecule has 1 aliphatic heterocycles. The van der Waals surface area contributed by atoms with E-state index in [9.17, 15) is 4.79 Å². The highest BCUT2D eigenvalue weighted by atomic mass is 16.2. The molecule has 0 aromatic rings. The highest BCUT2D eigenvalue weighted by molar-refractivity contribution is 5.87. The molecule has 130 valence electrons. The van der Waals surface area contributed by atoms with E-state index in [0.717, 1.165) is 13.0 Å². The molecule has 0 unspecified atom stereocenters. The minimum Gasteiger partial charge on any atom is -0.337 e. The van der Waals surface area contributed by atoms with Crippen LogP contribution in [0.4, 0.5) is 0 Å². The van der Waals surface area contributed by atoms with Gasteiger partial charge in [-0.25, -0.2) is 0 Å². The van der Waals surface area contributed by atoms with Crippen molar-refractivity contribution in [3.8, 4) is 0 Å². The Morgan fingerprint density at radius 1 is 1.14 bits per heavy atom. The van der Waals surface area contributed by atoms with Gasteiger partial charge in [0.05, 0.1) is 5.54 Å². The minimum absolute atomic E-state index is 0.0165. The number of hydrogen-bond acceptors (Lipinski definition) is 2. The fraction of sp³-hybridized carbons (Fsp3) is 0.947. The molecule has 0 aromatic carbocycles. The van der Waals surface area contributed by atoms with Crippen molar-refractivity contribution in [2.24, 2.45) is 0 Å². The zero-order chi connectivity index (χ0) is 17.3. The van der Waals surface area contributed by atoms with E-state index < -0.39 is 5.54 Å². The molecular weight excluding hydrogens is 272 g/mol. The Kier molecular flexibility index (Phi) is 5.76. The summed E-state index contributed by atoms with van der Waals surface area (Å²) in [6, 6.07) is 0.261. The van der Waals surface area contributed by atoms with Gasteiger partial charge in [-0.1, -0.05) is 26.2 Å². The highest BCUT2D eigenvalue weighted by Gasteiger charge is 2.55. The number of piperazine rings is 1. The molecule has 0 radical (unpaired) electrons. The van der Waals surface area contributed by atoms with Crippen molar-refractivity contribution < 1.29 is 4.79 Å². The van der Waals surface area contributed by atoms with Gasteiger partial charge in [-0.3, -0.25) is 9.69 Å². The Morgan fingerprint density at radius 3 is 2.14 bits per heavy atom. The van der Waals surface area contributed by atoms with Gasteiger partial charge >= 0.3 is 0 Å². The molecule has 0 spiro atoms. The number of carbonyl (C=O) groups is 1. The topological polar surface area (TPSA) is 23.6 Å². The lowest BCUT2D eigenvalue weighted by Gasteiger charge is -2.61. The normalized spacial score (nSPS) is 22.5. The van der Waals surface area contributed by atoms with E-state index in [1.165, 1.54) is 19.3 Å². The second-order valence-electron chi connectivity index (χ2n) is 9.00. The SMILES string of the molecule is CCCCCC(C)(C)N1C(C)(C)CN(C(C)C)C(=O)C1(C)C. The number of nitrogens with zero attached hydrogens (tertiary/aromatic N) is 2. The van der Waals surface area contributed by atoms with Crippen LogP contribution in [-0.2, 0) is 4.79 Å². The fourth-order valence-electron chi connectivity index (χ4n) is 4.68. The van der Waals surface area contributed by atoms with Crippen LogP contribution in [0.3, 0.4) is 0 Å². The lowest BCUT2D eigenvalue weighted by atomic mass is 9.78. The number of unbranched alkanes of at least 4 members (excludes halogenated alkanes) is 2. The maximum Gasteiger partial charge on any atom is 0.242 e. The largest absolute Gasteiger partial charge is 0.337 e. The van der Waals surface area contributed by atoms with Crippen LogP contribution in [0.2, 0.25) is 0 Å². The van der Waals surface area contributed by atoms with Crippen LogP contribution in [0.5, 0.6) is 0 Å². The lowest BCUT2D eigenvalue weighted by Crippen LogP contribution is -2.76. The number of hydrogen-bond donors (Lipinski definition) is 0. The summed E-state index contributed by atoms with van der Waals surface area (Å²) in [4.78, 5) is 17.6. The van der Waals surface area contributed by atoms with Crippen LogP contribution < -0.4 is 0 Å². The molecule has 0 atom stereocenters. The smallest absolute Gasteiger partial charge is 0.242 e. The van der Waals surface area contributed by atoms with Gasteiger partial charge in [0.15, 0.2) is 0 Å². The maximum atomic E-state index is 13.0. The van der Waals surface area contributed by atoms with Crippen molar-refractivity contribution in [1.82, 2.24) is 9.80 Å². The maximum absolute atomic E-state index is 13.0. The van der Waals surface area contributed by atoms with Crippen LogP contribution in [0.25, 0.3) is 0 Å². The first kappa shape index (κ1) is 19.5. The minimum atomic E-state index is -0.457. The van der Waals surface area contributed by atoms with Crippen molar-refractivity contribution in [3.05, 3.63) is 0 Å². The van der Waals surface area contributed by atoms with Gasteiger partial charge in [0.1, 0.15) is 0 Å². The Hall–Kier alpha value is -0.570. The van der Waals surface area contributed by atoms with Crippen LogP contribution in [-0.4, -0.2) is 44.9 Å². The molecule has 1 rings (SSSR count). The Labute approximate surface area is 138 Å². The molecule has 1 fully saturated rings. The molecule has 1 amide bonds. The predicted molar refractivity (Wildman–Crippen MR) is 95.1 cm³/mol. The average Bonchev–Trinajstić information content (AvgIpc) is 2.32. The van der Waals surface area contributed by atoms with Crippen LogP contribution in [0, 0.1) is 0 Å². The van der Waals surface area contributed by atoms with Gasteiger partial charge < -0.3 is 4.90 Å². The molecule has 0 aromatic heterocycles. The fourth-order valence-corrected chi connectivity index (χ4v) is 4.68.